The van der Waals surface area contributed by atoms with Crippen molar-refractivity contribution in [3.8, 4) is 0 Å². The summed E-state index contributed by atoms with van der Waals surface area (Å²) < 4.78 is 31.0. The first kappa shape index (κ1) is 11.0. The maximum Gasteiger partial charge on any atom is 0.360 e. The molecule has 2 rings (SSSR count). The van der Waals surface area contributed by atoms with Gasteiger partial charge >= 0.3 is 5.97 Å². The minimum absolute atomic E-state index is 0.0913. The molecule has 0 aromatic carbocycles. The Morgan fingerprint density at radius 3 is 2.94 bits per heavy atom. The minimum Gasteiger partial charge on any atom is -0.464 e. The van der Waals surface area contributed by atoms with Gasteiger partial charge in [0.05, 0.1) is 13.3 Å². The van der Waals surface area contributed by atoms with Crippen LogP contribution in [0.5, 0.6) is 0 Å². The number of esters is 1. The first-order valence-electron chi connectivity index (χ1n) is 4.86. The SMILES string of the molecule is COC(=O)c1cn(CC2CC(F)(F)C2)nn1. The number of ether oxygens (including phenoxy) is 1. The van der Waals surface area contributed by atoms with Gasteiger partial charge in [-0.25, -0.2) is 13.6 Å². The molecule has 0 amide bonds. The summed E-state index contributed by atoms with van der Waals surface area (Å²) in [5.74, 6) is -3.21. The molecule has 1 aliphatic carbocycles. The van der Waals surface area contributed by atoms with Crippen molar-refractivity contribution in [3.05, 3.63) is 11.9 Å². The quantitative estimate of drug-likeness (QED) is 0.731. The number of hydrogen-bond acceptors (Lipinski definition) is 4. The number of methoxy groups -OCH3 is 1. The molecule has 1 aromatic heterocycles. The summed E-state index contributed by atoms with van der Waals surface area (Å²) in [4.78, 5) is 11.0. The number of nitrogens with zero attached hydrogens (tertiary/aromatic N) is 3. The Labute approximate surface area is 90.4 Å². The van der Waals surface area contributed by atoms with Crippen molar-refractivity contribution in [2.45, 2.75) is 25.3 Å². The van der Waals surface area contributed by atoms with E-state index in [0.29, 0.717) is 6.54 Å². The van der Waals surface area contributed by atoms with Crippen LogP contribution < -0.4 is 0 Å². The number of carbonyl (C=O) groups is 1. The Hall–Kier alpha value is -1.53. The molecule has 0 spiro atoms. The van der Waals surface area contributed by atoms with Crippen LogP contribution in [0.25, 0.3) is 0 Å². The van der Waals surface area contributed by atoms with Crippen LogP contribution in [0.4, 0.5) is 8.78 Å². The molecule has 1 aliphatic rings. The van der Waals surface area contributed by atoms with E-state index in [1.165, 1.54) is 18.0 Å². The fourth-order valence-electron chi connectivity index (χ4n) is 1.76. The van der Waals surface area contributed by atoms with Crippen LogP contribution in [0.1, 0.15) is 23.3 Å². The van der Waals surface area contributed by atoms with Crippen molar-refractivity contribution in [2.24, 2.45) is 5.92 Å². The third-order valence-electron chi connectivity index (χ3n) is 2.55. The van der Waals surface area contributed by atoms with Gasteiger partial charge in [-0.2, -0.15) is 0 Å². The van der Waals surface area contributed by atoms with Crippen molar-refractivity contribution < 1.29 is 18.3 Å². The van der Waals surface area contributed by atoms with Crippen molar-refractivity contribution in [1.29, 1.82) is 0 Å². The number of alkyl halides is 2. The molecule has 7 heteroatoms. The molecule has 1 heterocycles. The van der Waals surface area contributed by atoms with E-state index in [2.05, 4.69) is 15.0 Å². The summed E-state index contributed by atoms with van der Waals surface area (Å²) in [5.41, 5.74) is 0.0913. The van der Waals surface area contributed by atoms with E-state index >= 15 is 0 Å². The molecular weight excluding hydrogens is 220 g/mol. The van der Waals surface area contributed by atoms with Crippen LogP contribution in [0, 0.1) is 5.92 Å². The van der Waals surface area contributed by atoms with Gasteiger partial charge in [0.15, 0.2) is 5.69 Å². The number of halogens is 2. The first-order chi connectivity index (χ1) is 7.50. The second-order valence-corrected chi connectivity index (χ2v) is 3.95. The highest BCUT2D eigenvalue weighted by Gasteiger charge is 2.45. The van der Waals surface area contributed by atoms with Gasteiger partial charge in [-0.1, -0.05) is 5.21 Å². The molecule has 1 saturated carbocycles. The summed E-state index contributed by atoms with van der Waals surface area (Å²) in [6.07, 6.45) is 1.16. The Morgan fingerprint density at radius 2 is 2.38 bits per heavy atom. The molecule has 0 atom stereocenters. The summed E-state index contributed by atoms with van der Waals surface area (Å²) in [6, 6.07) is 0. The monoisotopic (exact) mass is 231 g/mol. The maximum absolute atomic E-state index is 12.6. The van der Waals surface area contributed by atoms with E-state index in [1.54, 1.807) is 0 Å². The lowest BCUT2D eigenvalue weighted by Gasteiger charge is -2.34. The van der Waals surface area contributed by atoms with Gasteiger partial charge < -0.3 is 4.74 Å². The highest BCUT2D eigenvalue weighted by atomic mass is 19.3. The zero-order valence-corrected chi connectivity index (χ0v) is 8.69. The van der Waals surface area contributed by atoms with Crippen molar-refractivity contribution in [3.63, 3.8) is 0 Å². The zero-order chi connectivity index (χ0) is 11.8. The van der Waals surface area contributed by atoms with E-state index in [-0.39, 0.29) is 24.5 Å². The zero-order valence-electron chi connectivity index (χ0n) is 8.69. The molecule has 16 heavy (non-hydrogen) atoms. The number of hydrogen-bond donors (Lipinski definition) is 0. The summed E-state index contributed by atoms with van der Waals surface area (Å²) in [5, 5.41) is 7.26. The molecule has 0 aliphatic heterocycles. The Morgan fingerprint density at radius 1 is 1.69 bits per heavy atom. The number of aromatic nitrogens is 3. The molecule has 88 valence electrons. The Bertz CT molecular complexity index is 397. The van der Waals surface area contributed by atoms with Crippen molar-refractivity contribution in [1.82, 2.24) is 15.0 Å². The van der Waals surface area contributed by atoms with Crippen molar-refractivity contribution >= 4 is 5.97 Å². The minimum atomic E-state index is -2.53. The molecular formula is C9H11F2N3O2. The van der Waals surface area contributed by atoms with Gasteiger partial charge in [-0.05, 0) is 5.92 Å². The normalized spacial score (nSPS) is 19.2. The van der Waals surface area contributed by atoms with Gasteiger partial charge in [-0.15, -0.1) is 5.10 Å². The molecule has 0 N–H and O–H groups in total. The smallest absolute Gasteiger partial charge is 0.360 e. The predicted molar refractivity (Wildman–Crippen MR) is 49.0 cm³/mol. The Kier molecular flexibility index (Phi) is 2.61. The molecule has 0 radical (unpaired) electrons. The third kappa shape index (κ3) is 2.17. The van der Waals surface area contributed by atoms with E-state index in [1.807, 2.05) is 0 Å². The van der Waals surface area contributed by atoms with E-state index < -0.39 is 11.9 Å². The van der Waals surface area contributed by atoms with Crippen LogP contribution in [0.3, 0.4) is 0 Å². The molecule has 5 nitrogen and oxygen atoms in total. The van der Waals surface area contributed by atoms with Gasteiger partial charge in [0.25, 0.3) is 0 Å². The van der Waals surface area contributed by atoms with Crippen LogP contribution >= 0.6 is 0 Å². The average Bonchev–Trinajstić information content (AvgIpc) is 2.62. The van der Waals surface area contributed by atoms with Gasteiger partial charge in [0, 0.05) is 19.4 Å². The summed E-state index contributed by atoms with van der Waals surface area (Å²) in [6.45, 7) is 0.361. The first-order valence-corrected chi connectivity index (χ1v) is 4.86. The Balaban J connectivity index is 1.91. The molecule has 0 unspecified atom stereocenters. The van der Waals surface area contributed by atoms with Gasteiger partial charge in [0.1, 0.15) is 0 Å². The lowest BCUT2D eigenvalue weighted by atomic mass is 9.81. The highest BCUT2D eigenvalue weighted by molar-refractivity contribution is 5.86. The standard InChI is InChI=1S/C9H11F2N3O2/c1-16-8(15)7-5-14(13-12-7)4-6-2-9(10,11)3-6/h5-6H,2-4H2,1H3. The van der Waals surface area contributed by atoms with Gasteiger partial charge in [0.2, 0.25) is 5.92 Å². The second kappa shape index (κ2) is 3.80. The summed E-state index contributed by atoms with van der Waals surface area (Å²) >= 11 is 0. The van der Waals surface area contributed by atoms with Crippen LogP contribution in [0.15, 0.2) is 6.20 Å². The predicted octanol–water partition coefficient (Wildman–Crippen LogP) is 1.11. The number of carbonyl (C=O) groups excluding carboxylic acids is 1. The third-order valence-corrected chi connectivity index (χ3v) is 2.55. The fraction of sp³-hybridized carbons (Fsp3) is 0.667. The molecule has 1 aromatic rings. The number of rotatable bonds is 3. The lowest BCUT2D eigenvalue weighted by Crippen LogP contribution is -2.37. The molecule has 0 bridgehead atoms. The maximum atomic E-state index is 12.6. The molecule has 1 fully saturated rings. The largest absolute Gasteiger partial charge is 0.464 e. The van der Waals surface area contributed by atoms with E-state index in [0.717, 1.165) is 0 Å². The van der Waals surface area contributed by atoms with Crippen LogP contribution in [-0.2, 0) is 11.3 Å². The average molecular weight is 231 g/mol. The van der Waals surface area contributed by atoms with E-state index in [9.17, 15) is 13.6 Å². The highest BCUT2D eigenvalue weighted by Crippen LogP contribution is 2.42. The topological polar surface area (TPSA) is 57.0 Å². The second-order valence-electron chi connectivity index (χ2n) is 3.95. The van der Waals surface area contributed by atoms with Crippen LogP contribution in [0.2, 0.25) is 0 Å². The lowest BCUT2D eigenvalue weighted by molar-refractivity contribution is -0.114. The molecule has 0 saturated heterocycles. The fourth-order valence-corrected chi connectivity index (χ4v) is 1.76. The van der Waals surface area contributed by atoms with Gasteiger partial charge in [-0.3, -0.25) is 4.68 Å². The van der Waals surface area contributed by atoms with E-state index in [4.69, 9.17) is 0 Å². The van der Waals surface area contributed by atoms with Crippen molar-refractivity contribution in [2.75, 3.05) is 7.11 Å². The van der Waals surface area contributed by atoms with Crippen LogP contribution in [-0.4, -0.2) is 34.0 Å². The summed E-state index contributed by atoms with van der Waals surface area (Å²) in [7, 11) is 1.24.